The molecule has 1 aliphatic rings. The maximum absolute atomic E-state index is 11.5. The highest BCUT2D eigenvalue weighted by molar-refractivity contribution is 5.80. The van der Waals surface area contributed by atoms with Crippen LogP contribution in [-0.2, 0) is 4.79 Å². The molecule has 15 heavy (non-hydrogen) atoms. The quantitative estimate of drug-likeness (QED) is 0.646. The second-order valence-electron chi connectivity index (χ2n) is 3.61. The second-order valence-corrected chi connectivity index (χ2v) is 3.61. The zero-order valence-electron chi connectivity index (χ0n) is 9.52. The van der Waals surface area contributed by atoms with Crippen molar-refractivity contribution in [3.8, 4) is 0 Å². The molecule has 0 spiro atoms. The van der Waals surface area contributed by atoms with E-state index in [2.05, 4.69) is 13.0 Å². The summed E-state index contributed by atoms with van der Waals surface area (Å²) in [7, 11) is 0. The molecule has 1 rings (SSSR count). The van der Waals surface area contributed by atoms with Gasteiger partial charge in [0.1, 0.15) is 0 Å². The second kappa shape index (κ2) is 6.23. The Hall–Kier alpha value is -1.31. The van der Waals surface area contributed by atoms with Crippen LogP contribution < -0.4 is 0 Å². The lowest BCUT2D eigenvalue weighted by molar-refractivity contribution is -0.126. The first-order valence-electron chi connectivity index (χ1n) is 5.57. The Kier molecular flexibility index (Phi) is 4.88. The summed E-state index contributed by atoms with van der Waals surface area (Å²) >= 11 is 0. The maximum atomic E-state index is 11.5. The largest absolute Gasteiger partial charge is 0.312 e. The predicted molar refractivity (Wildman–Crippen MR) is 63.3 cm³/mol. The Bertz CT molecular complexity index is 289. The number of allylic oxidation sites excluding steroid dienone is 4. The molecule has 1 saturated heterocycles. The molecule has 2 nitrogen and oxygen atoms in total. The van der Waals surface area contributed by atoms with Crippen molar-refractivity contribution in [3.05, 3.63) is 36.6 Å². The van der Waals surface area contributed by atoms with Gasteiger partial charge in [0, 0.05) is 12.6 Å². The Balaban J connectivity index is 2.63. The highest BCUT2D eigenvalue weighted by Crippen LogP contribution is 2.20. The van der Waals surface area contributed by atoms with Crippen molar-refractivity contribution >= 4 is 5.91 Å². The van der Waals surface area contributed by atoms with Crippen LogP contribution in [-0.4, -0.2) is 16.8 Å². The van der Waals surface area contributed by atoms with E-state index in [4.69, 9.17) is 0 Å². The minimum Gasteiger partial charge on any atom is -0.312 e. The highest BCUT2D eigenvalue weighted by atomic mass is 16.2. The molecule has 1 amide bonds. The zero-order chi connectivity index (χ0) is 11.1. The average Bonchev–Trinajstić information content (AvgIpc) is 2.58. The zero-order valence-corrected chi connectivity index (χ0v) is 9.52. The minimum absolute atomic E-state index is 0.231. The van der Waals surface area contributed by atoms with Gasteiger partial charge in [-0.1, -0.05) is 37.3 Å². The number of rotatable bonds is 4. The van der Waals surface area contributed by atoms with Gasteiger partial charge >= 0.3 is 0 Å². The maximum Gasteiger partial charge on any atom is 0.227 e. The van der Waals surface area contributed by atoms with Gasteiger partial charge in [-0.15, -0.1) is 0 Å². The van der Waals surface area contributed by atoms with E-state index in [9.17, 15) is 4.79 Å². The van der Waals surface area contributed by atoms with E-state index in [1.54, 1.807) is 0 Å². The van der Waals surface area contributed by atoms with E-state index in [0.717, 1.165) is 12.8 Å². The Morgan fingerprint density at radius 1 is 1.47 bits per heavy atom. The van der Waals surface area contributed by atoms with Gasteiger partial charge in [0.15, 0.2) is 0 Å². The van der Waals surface area contributed by atoms with Gasteiger partial charge in [0.2, 0.25) is 5.91 Å². The van der Waals surface area contributed by atoms with Gasteiger partial charge in [0.25, 0.3) is 0 Å². The number of hydrogen-bond acceptors (Lipinski definition) is 1. The van der Waals surface area contributed by atoms with Crippen molar-refractivity contribution in [2.45, 2.75) is 39.2 Å². The number of carbonyl (C=O) groups excluding carboxylic acids is 1. The molecule has 0 unspecified atom stereocenters. The van der Waals surface area contributed by atoms with Crippen LogP contribution in [0.4, 0.5) is 0 Å². The normalized spacial score (nSPS) is 22.9. The summed E-state index contributed by atoms with van der Waals surface area (Å²) in [4.78, 5) is 13.4. The Morgan fingerprint density at radius 3 is 2.93 bits per heavy atom. The summed E-state index contributed by atoms with van der Waals surface area (Å²) in [6.07, 6.45) is 14.6. The van der Waals surface area contributed by atoms with Gasteiger partial charge in [-0.3, -0.25) is 4.79 Å². The predicted octanol–water partition coefficient (Wildman–Crippen LogP) is 3.03. The average molecular weight is 205 g/mol. The molecule has 0 aromatic rings. The monoisotopic (exact) mass is 205 g/mol. The highest BCUT2D eigenvalue weighted by Gasteiger charge is 2.26. The summed E-state index contributed by atoms with van der Waals surface area (Å²) in [5, 5.41) is 0. The first-order chi connectivity index (χ1) is 7.29. The van der Waals surface area contributed by atoms with Gasteiger partial charge in [-0.25, -0.2) is 0 Å². The van der Waals surface area contributed by atoms with Gasteiger partial charge in [0.05, 0.1) is 6.04 Å². The van der Waals surface area contributed by atoms with Crippen LogP contribution in [0.2, 0.25) is 0 Å². The molecule has 0 aliphatic carbocycles. The lowest BCUT2D eigenvalue weighted by Crippen LogP contribution is -2.25. The molecular formula is C13H19NO. The number of nitrogens with zero attached hydrogens (tertiary/aromatic N) is 1. The first kappa shape index (κ1) is 11.8. The minimum atomic E-state index is 0.231. The molecule has 0 aromatic carbocycles. The molecule has 0 saturated carbocycles. The van der Waals surface area contributed by atoms with Gasteiger partial charge < -0.3 is 4.90 Å². The molecule has 0 aromatic heterocycles. The fraction of sp³-hybridized carbons (Fsp3) is 0.462. The standard InChI is InChI=1S/C13H19NO/c1-3-5-7-8-12-9-10-13(15)14(12)11-6-4-2/h3,5-8,11-12H,4,9-10H2,1-2H3/b5-3+,8-7+,11-6+/t12-/m1/s1. The fourth-order valence-corrected chi connectivity index (χ4v) is 1.63. The third-order valence-corrected chi connectivity index (χ3v) is 2.44. The summed E-state index contributed by atoms with van der Waals surface area (Å²) < 4.78 is 0. The number of likely N-dealkylation sites (tertiary alicyclic amines) is 1. The molecular weight excluding hydrogens is 186 g/mol. The summed E-state index contributed by atoms with van der Waals surface area (Å²) in [5.74, 6) is 0.231. The first-order valence-corrected chi connectivity index (χ1v) is 5.57. The Morgan fingerprint density at radius 2 is 2.27 bits per heavy atom. The lowest BCUT2D eigenvalue weighted by atomic mass is 10.2. The van der Waals surface area contributed by atoms with Crippen molar-refractivity contribution in [1.29, 1.82) is 0 Å². The molecule has 1 aliphatic heterocycles. The van der Waals surface area contributed by atoms with E-state index >= 15 is 0 Å². The molecule has 0 bridgehead atoms. The molecule has 0 N–H and O–H groups in total. The fourth-order valence-electron chi connectivity index (χ4n) is 1.63. The number of carbonyl (C=O) groups is 1. The topological polar surface area (TPSA) is 20.3 Å². The van der Waals surface area contributed by atoms with E-state index in [1.165, 1.54) is 0 Å². The van der Waals surface area contributed by atoms with Gasteiger partial charge in [-0.2, -0.15) is 0 Å². The van der Waals surface area contributed by atoms with Crippen LogP contribution in [0.5, 0.6) is 0 Å². The molecule has 82 valence electrons. The SMILES string of the molecule is C/C=C/C=C/[C@@H]1CCC(=O)N1/C=C/CC. The van der Waals surface area contributed by atoms with Crippen LogP contribution in [0.3, 0.4) is 0 Å². The summed E-state index contributed by atoms with van der Waals surface area (Å²) in [5.41, 5.74) is 0. The molecule has 0 radical (unpaired) electrons. The van der Waals surface area contributed by atoms with Crippen molar-refractivity contribution in [3.63, 3.8) is 0 Å². The lowest BCUT2D eigenvalue weighted by Gasteiger charge is -2.17. The molecule has 1 heterocycles. The van der Waals surface area contributed by atoms with Crippen LogP contribution in [0, 0.1) is 0 Å². The smallest absolute Gasteiger partial charge is 0.227 e. The Labute approximate surface area is 92.0 Å². The third-order valence-electron chi connectivity index (χ3n) is 2.44. The van der Waals surface area contributed by atoms with Crippen molar-refractivity contribution in [1.82, 2.24) is 4.90 Å². The van der Waals surface area contributed by atoms with E-state index < -0.39 is 0 Å². The molecule has 2 heteroatoms. The third kappa shape index (κ3) is 3.39. The summed E-state index contributed by atoms with van der Waals surface area (Å²) in [6.45, 7) is 4.06. The number of amides is 1. The van der Waals surface area contributed by atoms with Crippen LogP contribution in [0.25, 0.3) is 0 Å². The molecule has 1 fully saturated rings. The van der Waals surface area contributed by atoms with Gasteiger partial charge in [-0.05, 0) is 19.8 Å². The van der Waals surface area contributed by atoms with Crippen molar-refractivity contribution < 1.29 is 4.79 Å². The molecule has 1 atom stereocenters. The van der Waals surface area contributed by atoms with Crippen molar-refractivity contribution in [2.24, 2.45) is 0 Å². The number of hydrogen-bond donors (Lipinski definition) is 0. The van der Waals surface area contributed by atoms with E-state index in [-0.39, 0.29) is 11.9 Å². The van der Waals surface area contributed by atoms with Crippen LogP contribution in [0.15, 0.2) is 36.6 Å². The van der Waals surface area contributed by atoms with Crippen molar-refractivity contribution in [2.75, 3.05) is 0 Å². The van der Waals surface area contributed by atoms with Crippen LogP contribution >= 0.6 is 0 Å². The summed E-state index contributed by atoms with van der Waals surface area (Å²) in [6, 6.07) is 0.247. The van der Waals surface area contributed by atoms with E-state index in [1.807, 2.05) is 42.3 Å². The van der Waals surface area contributed by atoms with E-state index in [0.29, 0.717) is 6.42 Å². The van der Waals surface area contributed by atoms with Crippen LogP contribution in [0.1, 0.15) is 33.1 Å².